The van der Waals surface area contributed by atoms with E-state index in [0.29, 0.717) is 25.3 Å². The summed E-state index contributed by atoms with van der Waals surface area (Å²) >= 11 is 0. The van der Waals surface area contributed by atoms with E-state index >= 15 is 0 Å². The van der Waals surface area contributed by atoms with Crippen molar-refractivity contribution in [3.63, 3.8) is 0 Å². The first-order chi connectivity index (χ1) is 14.0. The molecular weight excluding hydrogens is 368 g/mol. The first kappa shape index (κ1) is 18.9. The topological polar surface area (TPSA) is 87.5 Å². The SMILES string of the molecule is O=C(NCC12CC3CC(CC(C3)C1)C2)c1cccc(N2CCNCC2)c1[N+](=O)[O-]. The number of nitrogens with zero attached hydrogens (tertiary/aromatic N) is 2. The molecule has 1 aliphatic heterocycles. The zero-order valence-electron chi connectivity index (χ0n) is 16.9. The molecule has 0 radical (unpaired) electrons. The molecule has 1 amide bonds. The smallest absolute Gasteiger partial charge is 0.305 e. The van der Waals surface area contributed by atoms with Crippen molar-refractivity contribution in [2.24, 2.45) is 23.2 Å². The maximum atomic E-state index is 13.1. The molecule has 1 heterocycles. The molecule has 0 unspecified atom stereocenters. The molecule has 29 heavy (non-hydrogen) atoms. The molecule has 4 bridgehead atoms. The van der Waals surface area contributed by atoms with Gasteiger partial charge in [0.05, 0.1) is 4.92 Å². The molecule has 5 fully saturated rings. The summed E-state index contributed by atoms with van der Waals surface area (Å²) in [4.78, 5) is 26.6. The van der Waals surface area contributed by atoms with Crippen molar-refractivity contribution in [1.29, 1.82) is 0 Å². The van der Waals surface area contributed by atoms with Crippen molar-refractivity contribution in [2.75, 3.05) is 37.6 Å². The first-order valence-electron chi connectivity index (χ1n) is 11.0. The van der Waals surface area contributed by atoms with E-state index in [4.69, 9.17) is 0 Å². The monoisotopic (exact) mass is 398 g/mol. The Hall–Kier alpha value is -2.15. The van der Waals surface area contributed by atoms with Gasteiger partial charge in [0.15, 0.2) is 0 Å². The lowest BCUT2D eigenvalue weighted by Gasteiger charge is -2.56. The van der Waals surface area contributed by atoms with Gasteiger partial charge in [0.25, 0.3) is 5.91 Å². The molecule has 0 spiro atoms. The van der Waals surface area contributed by atoms with Crippen LogP contribution in [0.1, 0.15) is 48.9 Å². The van der Waals surface area contributed by atoms with Crippen LogP contribution in [0.5, 0.6) is 0 Å². The number of hydrogen-bond acceptors (Lipinski definition) is 5. The van der Waals surface area contributed by atoms with Crippen LogP contribution in [-0.2, 0) is 0 Å². The molecule has 0 atom stereocenters. The summed E-state index contributed by atoms with van der Waals surface area (Å²) in [6.45, 7) is 3.65. The molecule has 6 rings (SSSR count). The number of benzene rings is 1. The number of anilines is 1. The fourth-order valence-corrected chi connectivity index (χ4v) is 6.94. The Morgan fingerprint density at radius 2 is 1.76 bits per heavy atom. The fourth-order valence-electron chi connectivity index (χ4n) is 6.94. The average molecular weight is 399 g/mol. The largest absolute Gasteiger partial charge is 0.363 e. The van der Waals surface area contributed by atoms with E-state index in [0.717, 1.165) is 30.8 Å². The average Bonchev–Trinajstić information content (AvgIpc) is 2.71. The van der Waals surface area contributed by atoms with Gasteiger partial charge in [-0.3, -0.25) is 14.9 Å². The fraction of sp³-hybridized carbons (Fsp3) is 0.682. The summed E-state index contributed by atoms with van der Waals surface area (Å²) in [6.07, 6.45) is 7.73. The van der Waals surface area contributed by atoms with Gasteiger partial charge in [0.1, 0.15) is 11.3 Å². The highest BCUT2D eigenvalue weighted by atomic mass is 16.6. The highest BCUT2D eigenvalue weighted by Crippen LogP contribution is 2.59. The highest BCUT2D eigenvalue weighted by Gasteiger charge is 2.50. The maximum Gasteiger partial charge on any atom is 0.305 e. The highest BCUT2D eigenvalue weighted by molar-refractivity contribution is 6.00. The summed E-state index contributed by atoms with van der Waals surface area (Å²) in [6, 6.07) is 5.13. The normalized spacial score (nSPS) is 33.0. The number of carbonyl (C=O) groups excluding carboxylic acids is 1. The van der Waals surface area contributed by atoms with Crippen molar-refractivity contribution in [2.45, 2.75) is 38.5 Å². The molecule has 7 nitrogen and oxygen atoms in total. The van der Waals surface area contributed by atoms with Gasteiger partial charge < -0.3 is 15.5 Å². The van der Waals surface area contributed by atoms with Crippen LogP contribution in [0.25, 0.3) is 0 Å². The molecular formula is C22H30N4O3. The molecule has 4 saturated carbocycles. The number of nitro groups is 1. The number of carbonyl (C=O) groups is 1. The molecule has 5 aliphatic rings. The minimum absolute atomic E-state index is 0.0580. The van der Waals surface area contributed by atoms with Crippen molar-refractivity contribution in [1.82, 2.24) is 10.6 Å². The van der Waals surface area contributed by atoms with Gasteiger partial charge in [0, 0.05) is 32.7 Å². The first-order valence-corrected chi connectivity index (χ1v) is 11.0. The number of nitro benzene ring substituents is 1. The van der Waals surface area contributed by atoms with E-state index in [1.165, 1.54) is 38.5 Å². The zero-order valence-corrected chi connectivity index (χ0v) is 16.9. The van der Waals surface area contributed by atoms with Crippen molar-refractivity contribution in [3.8, 4) is 0 Å². The minimum atomic E-state index is -0.392. The van der Waals surface area contributed by atoms with Gasteiger partial charge in [0.2, 0.25) is 0 Å². The van der Waals surface area contributed by atoms with E-state index in [-0.39, 0.29) is 22.6 Å². The second kappa shape index (κ2) is 7.27. The number of piperazine rings is 1. The van der Waals surface area contributed by atoms with Crippen molar-refractivity contribution < 1.29 is 9.72 Å². The van der Waals surface area contributed by atoms with Crippen LogP contribution in [0.2, 0.25) is 0 Å². The molecule has 1 aromatic rings. The van der Waals surface area contributed by atoms with Crippen molar-refractivity contribution >= 4 is 17.3 Å². The van der Waals surface area contributed by atoms with Gasteiger partial charge >= 0.3 is 5.69 Å². The molecule has 1 aromatic carbocycles. The number of para-hydroxylation sites is 1. The number of nitrogens with one attached hydrogen (secondary N) is 2. The minimum Gasteiger partial charge on any atom is -0.363 e. The van der Waals surface area contributed by atoms with Crippen LogP contribution in [0.3, 0.4) is 0 Å². The molecule has 2 N–H and O–H groups in total. The van der Waals surface area contributed by atoms with Gasteiger partial charge in [-0.25, -0.2) is 0 Å². The Morgan fingerprint density at radius 3 is 2.34 bits per heavy atom. The molecule has 1 saturated heterocycles. The third kappa shape index (κ3) is 3.50. The van der Waals surface area contributed by atoms with E-state index < -0.39 is 4.92 Å². The molecule has 0 aromatic heterocycles. The third-order valence-electron chi connectivity index (χ3n) is 7.69. The predicted molar refractivity (Wildman–Crippen MR) is 111 cm³/mol. The number of amides is 1. The Kier molecular flexibility index (Phi) is 4.73. The van der Waals surface area contributed by atoms with Crippen molar-refractivity contribution in [3.05, 3.63) is 33.9 Å². The lowest BCUT2D eigenvalue weighted by atomic mass is 9.49. The van der Waals surface area contributed by atoms with Crippen LogP contribution in [-0.4, -0.2) is 43.6 Å². The Morgan fingerprint density at radius 1 is 1.14 bits per heavy atom. The van der Waals surface area contributed by atoms with E-state index in [1.807, 2.05) is 4.90 Å². The maximum absolute atomic E-state index is 13.1. The Bertz CT molecular complexity index is 783. The lowest BCUT2D eigenvalue weighted by Crippen LogP contribution is -2.51. The van der Waals surface area contributed by atoms with E-state index in [2.05, 4.69) is 10.6 Å². The Labute approximate surface area is 171 Å². The summed E-state index contributed by atoms with van der Waals surface area (Å²) in [7, 11) is 0. The number of hydrogen-bond donors (Lipinski definition) is 2. The molecule has 7 heteroatoms. The molecule has 4 aliphatic carbocycles. The predicted octanol–water partition coefficient (Wildman–Crippen LogP) is 2.95. The van der Waals surface area contributed by atoms with Gasteiger partial charge in [-0.15, -0.1) is 0 Å². The zero-order chi connectivity index (χ0) is 20.0. The van der Waals surface area contributed by atoms with Crippen LogP contribution in [0, 0.1) is 33.3 Å². The second-order valence-corrected chi connectivity index (χ2v) is 9.77. The van der Waals surface area contributed by atoms with Gasteiger partial charge in [-0.1, -0.05) is 6.07 Å². The summed E-state index contributed by atoms with van der Waals surface area (Å²) in [5, 5.41) is 18.3. The van der Waals surface area contributed by atoms with Crippen LogP contribution < -0.4 is 15.5 Å². The standard InChI is InChI=1S/C22H30N4O3/c27-21(24-14-22-11-15-8-16(12-22)10-17(9-15)13-22)18-2-1-3-19(20(18)26(28)29)25-6-4-23-5-7-25/h1-3,15-17,23H,4-14H2,(H,24,27). The quantitative estimate of drug-likeness (QED) is 0.588. The summed E-state index contributed by atoms with van der Waals surface area (Å²) in [5.74, 6) is 2.17. The van der Waals surface area contributed by atoms with Crippen LogP contribution in [0.4, 0.5) is 11.4 Å². The molecule has 156 valence electrons. The Balaban J connectivity index is 1.35. The number of rotatable bonds is 5. The summed E-state index contributed by atoms with van der Waals surface area (Å²) < 4.78 is 0. The van der Waals surface area contributed by atoms with Crippen LogP contribution >= 0.6 is 0 Å². The van der Waals surface area contributed by atoms with Crippen LogP contribution in [0.15, 0.2) is 18.2 Å². The van der Waals surface area contributed by atoms with E-state index in [9.17, 15) is 14.9 Å². The second-order valence-electron chi connectivity index (χ2n) is 9.77. The van der Waals surface area contributed by atoms with Gasteiger partial charge in [-0.2, -0.15) is 0 Å². The van der Waals surface area contributed by atoms with Gasteiger partial charge in [-0.05, 0) is 73.8 Å². The third-order valence-corrected chi connectivity index (χ3v) is 7.69. The lowest BCUT2D eigenvalue weighted by molar-refractivity contribution is -0.384. The van der Waals surface area contributed by atoms with E-state index in [1.54, 1.807) is 18.2 Å². The summed E-state index contributed by atoms with van der Waals surface area (Å²) in [5.41, 5.74) is 0.905.